The summed E-state index contributed by atoms with van der Waals surface area (Å²) in [5.41, 5.74) is 0.962. The number of aromatic nitrogens is 2. The van der Waals surface area contributed by atoms with Gasteiger partial charge in [0.05, 0.1) is 23.4 Å². The molecule has 1 N–H and O–H groups in total. The van der Waals surface area contributed by atoms with Crippen LogP contribution in [0.1, 0.15) is 76.5 Å². The van der Waals surface area contributed by atoms with Gasteiger partial charge in [-0.2, -0.15) is 10.4 Å². The summed E-state index contributed by atoms with van der Waals surface area (Å²) in [5.74, 6) is 5.63. The summed E-state index contributed by atoms with van der Waals surface area (Å²) >= 11 is 0. The van der Waals surface area contributed by atoms with Crippen molar-refractivity contribution in [1.82, 2.24) is 9.78 Å². The highest BCUT2D eigenvalue weighted by Crippen LogP contribution is 2.74. The Morgan fingerprint density at radius 1 is 1.16 bits per heavy atom. The Hall–Kier alpha value is -1.67. The lowest BCUT2D eigenvalue weighted by atomic mass is 9.48. The van der Waals surface area contributed by atoms with Gasteiger partial charge in [0.1, 0.15) is 6.07 Å². The van der Waals surface area contributed by atoms with E-state index in [0.717, 1.165) is 36.5 Å². The smallest absolute Gasteiger partial charge is 0.158 e. The molecular formula is C27H37N3O2. The van der Waals surface area contributed by atoms with Crippen LogP contribution in [0, 0.1) is 71.0 Å². The quantitative estimate of drug-likeness (QED) is 0.758. The molecule has 5 saturated carbocycles. The summed E-state index contributed by atoms with van der Waals surface area (Å²) < 4.78 is 1.70. The van der Waals surface area contributed by atoms with Crippen LogP contribution in [0.15, 0.2) is 6.20 Å². The number of carbonyl (C=O) groups excluding carboxylic acids is 1. The van der Waals surface area contributed by atoms with E-state index in [-0.39, 0.29) is 11.3 Å². The van der Waals surface area contributed by atoms with Crippen LogP contribution < -0.4 is 0 Å². The second-order valence-electron chi connectivity index (χ2n) is 12.6. The monoisotopic (exact) mass is 435 g/mol. The first-order valence-electron chi connectivity index (χ1n) is 12.9. The molecule has 0 saturated heterocycles. The number of ketones is 1. The molecule has 5 fully saturated rings. The lowest BCUT2D eigenvalue weighted by molar-refractivity contribution is -0.136. The number of nitriles is 1. The molecule has 0 amide bonds. The molecule has 1 aromatic rings. The van der Waals surface area contributed by atoms with E-state index in [0.29, 0.717) is 41.3 Å². The number of fused-ring (bicyclic) bond motifs is 7. The molecule has 172 valence electrons. The van der Waals surface area contributed by atoms with Crippen LogP contribution in [-0.2, 0) is 11.3 Å². The maximum Gasteiger partial charge on any atom is 0.158 e. The molecule has 0 aliphatic heterocycles. The van der Waals surface area contributed by atoms with Crippen molar-refractivity contribution >= 4 is 5.78 Å². The molecule has 1 heterocycles. The number of rotatable bonds is 3. The van der Waals surface area contributed by atoms with Crippen LogP contribution in [0.5, 0.6) is 0 Å². The lowest BCUT2D eigenvalue weighted by Crippen LogP contribution is -2.52. The van der Waals surface area contributed by atoms with Crippen molar-refractivity contribution in [3.05, 3.63) is 17.5 Å². The highest BCUT2D eigenvalue weighted by Gasteiger charge is 2.70. The molecule has 5 aliphatic carbocycles. The summed E-state index contributed by atoms with van der Waals surface area (Å²) in [6, 6.07) is 2.18. The molecule has 10 atom stereocenters. The molecule has 5 aliphatic rings. The van der Waals surface area contributed by atoms with Crippen LogP contribution in [0.2, 0.25) is 0 Å². The highest BCUT2D eigenvalue weighted by molar-refractivity contribution is 5.83. The first-order chi connectivity index (χ1) is 15.2. The van der Waals surface area contributed by atoms with Crippen LogP contribution in [0.3, 0.4) is 0 Å². The van der Waals surface area contributed by atoms with Crippen LogP contribution >= 0.6 is 0 Å². The Kier molecular flexibility index (Phi) is 4.52. The second-order valence-corrected chi connectivity index (χ2v) is 12.6. The zero-order valence-corrected chi connectivity index (χ0v) is 19.8. The van der Waals surface area contributed by atoms with Crippen LogP contribution in [0.4, 0.5) is 0 Å². The first kappa shape index (κ1) is 20.9. The van der Waals surface area contributed by atoms with Gasteiger partial charge in [-0.1, -0.05) is 6.92 Å². The van der Waals surface area contributed by atoms with Gasteiger partial charge >= 0.3 is 0 Å². The molecule has 0 bridgehead atoms. The molecule has 5 heteroatoms. The van der Waals surface area contributed by atoms with Crippen molar-refractivity contribution in [2.45, 2.75) is 84.3 Å². The minimum absolute atomic E-state index is 0.138. The normalized spacial score (nSPS) is 48.7. The third-order valence-corrected chi connectivity index (χ3v) is 10.8. The Morgan fingerprint density at radius 2 is 1.94 bits per heavy atom. The van der Waals surface area contributed by atoms with E-state index in [9.17, 15) is 15.2 Å². The Labute approximate surface area is 191 Å². The van der Waals surface area contributed by atoms with E-state index in [1.54, 1.807) is 10.9 Å². The standard InChI is InChI=1S/C27H37N3O2/c1-15-17(12-28)13-30(29-15)14-23(31)25-22-10-21(22)24-20-5-4-16-11-26(2,32)8-6-18(16)19(20)7-9-27(24,25)3/h13,16,18-22,24-25,32H,4-11,14H2,1-3H3/t16-,18+,19-,20-,21-,22+,24-,25-,26-,27+/m1/s1. The van der Waals surface area contributed by atoms with Gasteiger partial charge in [-0.05, 0) is 112 Å². The summed E-state index contributed by atoms with van der Waals surface area (Å²) in [6.07, 6.45) is 11.1. The molecule has 5 nitrogen and oxygen atoms in total. The van der Waals surface area contributed by atoms with Crippen molar-refractivity contribution in [3.63, 3.8) is 0 Å². The van der Waals surface area contributed by atoms with Gasteiger partial charge in [0, 0.05) is 12.1 Å². The fourth-order valence-corrected chi connectivity index (χ4v) is 9.62. The predicted molar refractivity (Wildman–Crippen MR) is 120 cm³/mol. The third-order valence-electron chi connectivity index (χ3n) is 10.8. The number of hydrogen-bond donors (Lipinski definition) is 1. The summed E-state index contributed by atoms with van der Waals surface area (Å²) in [7, 11) is 0. The average Bonchev–Trinajstić information content (AvgIpc) is 3.32. The van der Waals surface area contributed by atoms with Crippen molar-refractivity contribution in [2.75, 3.05) is 0 Å². The number of Topliss-reactive ketones (excluding diaryl/α,β-unsaturated/α-hetero) is 1. The third kappa shape index (κ3) is 2.98. The number of hydrogen-bond acceptors (Lipinski definition) is 4. The average molecular weight is 436 g/mol. The van der Waals surface area contributed by atoms with Gasteiger partial charge in [-0.3, -0.25) is 9.48 Å². The molecule has 0 spiro atoms. The van der Waals surface area contributed by atoms with Gasteiger partial charge in [-0.25, -0.2) is 0 Å². The summed E-state index contributed by atoms with van der Waals surface area (Å²) in [4.78, 5) is 13.6. The molecule has 6 rings (SSSR count). The SMILES string of the molecule is Cc1nn(CC(=O)[C@H]2[C@H]3C[C@H]3[C@H]3[C@@H]4CC[C@@H]5C[C@](C)(O)CC[C@@H]5[C@H]4CC[C@@]32C)cc1C#N. The van der Waals surface area contributed by atoms with Gasteiger partial charge in [-0.15, -0.1) is 0 Å². The van der Waals surface area contributed by atoms with Crippen LogP contribution in [0.25, 0.3) is 0 Å². The second kappa shape index (κ2) is 6.92. The number of carbonyl (C=O) groups is 1. The summed E-state index contributed by atoms with van der Waals surface area (Å²) in [6.45, 7) is 6.63. The Morgan fingerprint density at radius 3 is 2.69 bits per heavy atom. The van der Waals surface area contributed by atoms with Gasteiger partial charge in [0.25, 0.3) is 0 Å². The van der Waals surface area contributed by atoms with Crippen molar-refractivity contribution in [2.24, 2.45) is 52.8 Å². The molecule has 0 aromatic carbocycles. The minimum Gasteiger partial charge on any atom is -0.390 e. The van der Waals surface area contributed by atoms with Gasteiger partial charge in [0.15, 0.2) is 5.78 Å². The lowest BCUT2D eigenvalue weighted by Gasteiger charge is -2.57. The molecule has 32 heavy (non-hydrogen) atoms. The molecule has 0 unspecified atom stereocenters. The zero-order chi connectivity index (χ0) is 22.4. The molecule has 1 aromatic heterocycles. The summed E-state index contributed by atoms with van der Waals surface area (Å²) in [5, 5.41) is 24.3. The predicted octanol–water partition coefficient (Wildman–Crippen LogP) is 4.51. The fraction of sp³-hybridized carbons (Fsp3) is 0.815. The van der Waals surface area contributed by atoms with Crippen molar-refractivity contribution in [1.29, 1.82) is 5.26 Å². The van der Waals surface area contributed by atoms with E-state index in [2.05, 4.69) is 18.1 Å². The van der Waals surface area contributed by atoms with E-state index in [1.165, 1.54) is 38.5 Å². The van der Waals surface area contributed by atoms with E-state index in [1.807, 2.05) is 13.8 Å². The zero-order valence-electron chi connectivity index (χ0n) is 19.8. The topological polar surface area (TPSA) is 78.9 Å². The van der Waals surface area contributed by atoms with E-state index in [4.69, 9.17) is 0 Å². The largest absolute Gasteiger partial charge is 0.390 e. The first-order valence-corrected chi connectivity index (χ1v) is 12.9. The number of aliphatic hydroxyl groups is 1. The van der Waals surface area contributed by atoms with E-state index < -0.39 is 5.60 Å². The van der Waals surface area contributed by atoms with Gasteiger partial charge in [0.2, 0.25) is 0 Å². The maximum atomic E-state index is 13.6. The fourth-order valence-electron chi connectivity index (χ4n) is 9.62. The van der Waals surface area contributed by atoms with Gasteiger partial charge < -0.3 is 5.11 Å². The maximum absolute atomic E-state index is 13.6. The Bertz CT molecular complexity index is 990. The van der Waals surface area contributed by atoms with Crippen LogP contribution in [-0.4, -0.2) is 26.3 Å². The number of nitrogens with zero attached hydrogens (tertiary/aromatic N) is 3. The Balaban J connectivity index is 1.22. The number of aryl methyl sites for hydroxylation is 1. The molecule has 0 radical (unpaired) electrons. The van der Waals surface area contributed by atoms with E-state index >= 15 is 0 Å². The molecular weight excluding hydrogens is 398 g/mol. The van der Waals surface area contributed by atoms with Crippen molar-refractivity contribution < 1.29 is 9.90 Å². The highest BCUT2D eigenvalue weighted by atomic mass is 16.3. The van der Waals surface area contributed by atoms with Crippen molar-refractivity contribution in [3.8, 4) is 6.07 Å². The minimum atomic E-state index is -0.458.